The van der Waals surface area contributed by atoms with Crippen LogP contribution in [0.5, 0.6) is 0 Å². The summed E-state index contributed by atoms with van der Waals surface area (Å²) in [7, 11) is 0. The van der Waals surface area contributed by atoms with Crippen LogP contribution in [-0.4, -0.2) is 24.0 Å². The van der Waals surface area contributed by atoms with Crippen LogP contribution in [0, 0.1) is 5.92 Å². The molecule has 0 bridgehead atoms. The Morgan fingerprint density at radius 3 is 3.07 bits per heavy atom. The second-order valence-electron chi connectivity index (χ2n) is 3.71. The monoisotopic (exact) mass is 225 g/mol. The first-order chi connectivity index (χ1) is 7.36. The minimum Gasteiger partial charge on any atom is -0.351 e. The van der Waals surface area contributed by atoms with Crippen molar-refractivity contribution in [3.63, 3.8) is 0 Å². The first kappa shape index (κ1) is 10.6. The average Bonchev–Trinajstić information content (AvgIpc) is 2.80. The van der Waals surface area contributed by atoms with E-state index in [2.05, 4.69) is 15.6 Å². The Hall–Kier alpha value is -0.940. The fourth-order valence-corrected chi connectivity index (χ4v) is 2.27. The zero-order valence-electron chi connectivity index (χ0n) is 8.53. The molecule has 2 rings (SSSR count). The summed E-state index contributed by atoms with van der Waals surface area (Å²) < 4.78 is 0. The summed E-state index contributed by atoms with van der Waals surface area (Å²) in [5, 5.41) is 6.21. The molecule has 1 aromatic rings. The van der Waals surface area contributed by atoms with Crippen molar-refractivity contribution in [1.29, 1.82) is 0 Å². The van der Waals surface area contributed by atoms with E-state index in [1.165, 1.54) is 0 Å². The summed E-state index contributed by atoms with van der Waals surface area (Å²) in [6, 6.07) is 0. The third kappa shape index (κ3) is 3.00. The molecular formula is C10H15N3OS. The van der Waals surface area contributed by atoms with E-state index in [1.807, 2.05) is 0 Å². The molecule has 0 spiro atoms. The number of hydrogen-bond donors (Lipinski definition) is 2. The van der Waals surface area contributed by atoms with Crippen molar-refractivity contribution in [3.05, 3.63) is 16.6 Å². The van der Waals surface area contributed by atoms with Gasteiger partial charge in [0, 0.05) is 17.0 Å². The Morgan fingerprint density at radius 2 is 2.40 bits per heavy atom. The Kier molecular flexibility index (Phi) is 3.69. The van der Waals surface area contributed by atoms with E-state index < -0.39 is 0 Å². The van der Waals surface area contributed by atoms with Gasteiger partial charge >= 0.3 is 0 Å². The molecule has 2 N–H and O–H groups in total. The van der Waals surface area contributed by atoms with Crippen LogP contribution in [0.25, 0.3) is 0 Å². The van der Waals surface area contributed by atoms with Gasteiger partial charge < -0.3 is 10.6 Å². The highest BCUT2D eigenvalue weighted by atomic mass is 32.1. The van der Waals surface area contributed by atoms with Crippen LogP contribution >= 0.6 is 11.3 Å². The maximum atomic E-state index is 11.7. The maximum absolute atomic E-state index is 11.7. The lowest BCUT2D eigenvalue weighted by Crippen LogP contribution is -2.37. The van der Waals surface area contributed by atoms with Crippen molar-refractivity contribution in [2.75, 3.05) is 13.1 Å². The van der Waals surface area contributed by atoms with Crippen LogP contribution in [0.4, 0.5) is 0 Å². The Bertz CT molecular complexity index is 306. The molecule has 1 saturated heterocycles. The van der Waals surface area contributed by atoms with Crippen LogP contribution < -0.4 is 10.6 Å². The van der Waals surface area contributed by atoms with Crippen LogP contribution in [0.3, 0.4) is 0 Å². The van der Waals surface area contributed by atoms with E-state index in [1.54, 1.807) is 23.0 Å². The summed E-state index contributed by atoms with van der Waals surface area (Å²) in [6.07, 6.45) is 3.70. The maximum Gasteiger partial charge on any atom is 0.223 e. The SMILES string of the molecule is O=C(NCc1cncs1)C1CCNCC1. The summed E-state index contributed by atoms with van der Waals surface area (Å²) in [5.41, 5.74) is 1.78. The topological polar surface area (TPSA) is 54.0 Å². The van der Waals surface area contributed by atoms with E-state index in [-0.39, 0.29) is 11.8 Å². The number of amides is 1. The van der Waals surface area contributed by atoms with Gasteiger partial charge in [-0.2, -0.15) is 0 Å². The molecule has 0 aromatic carbocycles. The van der Waals surface area contributed by atoms with Gasteiger partial charge in [-0.1, -0.05) is 0 Å². The van der Waals surface area contributed by atoms with Crippen molar-refractivity contribution < 1.29 is 4.79 Å². The molecule has 0 saturated carbocycles. The van der Waals surface area contributed by atoms with Crippen molar-refractivity contribution in [2.45, 2.75) is 19.4 Å². The van der Waals surface area contributed by atoms with E-state index in [0.717, 1.165) is 30.8 Å². The van der Waals surface area contributed by atoms with Crippen molar-refractivity contribution in [1.82, 2.24) is 15.6 Å². The summed E-state index contributed by atoms with van der Waals surface area (Å²) in [6.45, 7) is 2.53. The summed E-state index contributed by atoms with van der Waals surface area (Å²) in [4.78, 5) is 16.8. The predicted octanol–water partition coefficient (Wildman–Crippen LogP) is 0.759. The van der Waals surface area contributed by atoms with Crippen LogP contribution in [0.1, 0.15) is 17.7 Å². The van der Waals surface area contributed by atoms with Gasteiger partial charge in [-0.25, -0.2) is 0 Å². The fourth-order valence-electron chi connectivity index (χ4n) is 1.73. The van der Waals surface area contributed by atoms with Gasteiger partial charge in [0.25, 0.3) is 0 Å². The zero-order chi connectivity index (χ0) is 10.5. The molecule has 0 aliphatic carbocycles. The number of hydrogen-bond acceptors (Lipinski definition) is 4. The van der Waals surface area contributed by atoms with Gasteiger partial charge in [0.2, 0.25) is 5.91 Å². The number of thiazole rings is 1. The number of carbonyl (C=O) groups is 1. The zero-order valence-corrected chi connectivity index (χ0v) is 9.35. The Labute approximate surface area is 93.1 Å². The molecule has 1 amide bonds. The molecule has 1 aromatic heterocycles. The number of aromatic nitrogens is 1. The van der Waals surface area contributed by atoms with E-state index in [4.69, 9.17) is 0 Å². The van der Waals surface area contributed by atoms with Crippen LogP contribution in [0.2, 0.25) is 0 Å². The molecule has 0 atom stereocenters. The number of rotatable bonds is 3. The fraction of sp³-hybridized carbons (Fsp3) is 0.600. The number of nitrogens with zero attached hydrogens (tertiary/aromatic N) is 1. The van der Waals surface area contributed by atoms with E-state index in [9.17, 15) is 4.79 Å². The molecule has 5 heteroatoms. The van der Waals surface area contributed by atoms with Gasteiger partial charge in [0.05, 0.1) is 12.1 Å². The van der Waals surface area contributed by atoms with Gasteiger partial charge in [-0.15, -0.1) is 11.3 Å². The largest absolute Gasteiger partial charge is 0.351 e. The molecule has 4 nitrogen and oxygen atoms in total. The van der Waals surface area contributed by atoms with Crippen molar-refractivity contribution >= 4 is 17.2 Å². The van der Waals surface area contributed by atoms with Crippen molar-refractivity contribution in [3.8, 4) is 0 Å². The van der Waals surface area contributed by atoms with Gasteiger partial charge in [-0.3, -0.25) is 9.78 Å². The molecule has 82 valence electrons. The minimum atomic E-state index is 0.185. The average molecular weight is 225 g/mol. The highest BCUT2D eigenvalue weighted by Crippen LogP contribution is 2.12. The third-order valence-corrected chi connectivity index (χ3v) is 3.41. The summed E-state index contributed by atoms with van der Waals surface area (Å²) in [5.74, 6) is 0.379. The molecule has 1 fully saturated rings. The molecule has 15 heavy (non-hydrogen) atoms. The normalized spacial score (nSPS) is 17.6. The third-order valence-electron chi connectivity index (χ3n) is 2.63. The Balaban J connectivity index is 1.76. The molecule has 1 aliphatic heterocycles. The second kappa shape index (κ2) is 5.23. The molecule has 2 heterocycles. The smallest absolute Gasteiger partial charge is 0.223 e. The van der Waals surface area contributed by atoms with Gasteiger partial charge in [0.15, 0.2) is 0 Å². The molecule has 0 radical (unpaired) electrons. The Morgan fingerprint density at radius 1 is 1.60 bits per heavy atom. The minimum absolute atomic E-state index is 0.185. The lowest BCUT2D eigenvalue weighted by Gasteiger charge is -2.21. The lowest BCUT2D eigenvalue weighted by molar-refractivity contribution is -0.125. The predicted molar refractivity (Wildman–Crippen MR) is 59.6 cm³/mol. The highest BCUT2D eigenvalue weighted by molar-refractivity contribution is 7.09. The molecular weight excluding hydrogens is 210 g/mol. The molecule has 0 unspecified atom stereocenters. The standard InChI is InChI=1S/C10H15N3OS/c14-10(8-1-3-11-4-2-8)13-6-9-5-12-7-15-9/h5,7-8,11H,1-4,6H2,(H,13,14). The molecule has 1 aliphatic rings. The first-order valence-corrected chi connectivity index (χ1v) is 6.10. The number of piperidine rings is 1. The van der Waals surface area contributed by atoms with E-state index >= 15 is 0 Å². The lowest BCUT2D eigenvalue weighted by atomic mass is 9.97. The summed E-state index contributed by atoms with van der Waals surface area (Å²) >= 11 is 1.57. The van der Waals surface area contributed by atoms with Gasteiger partial charge in [-0.05, 0) is 25.9 Å². The quantitative estimate of drug-likeness (QED) is 0.798. The van der Waals surface area contributed by atoms with Gasteiger partial charge in [0.1, 0.15) is 0 Å². The van der Waals surface area contributed by atoms with Crippen molar-refractivity contribution in [2.24, 2.45) is 5.92 Å². The van der Waals surface area contributed by atoms with Crippen LogP contribution in [0.15, 0.2) is 11.7 Å². The van der Waals surface area contributed by atoms with Crippen LogP contribution in [-0.2, 0) is 11.3 Å². The van der Waals surface area contributed by atoms with E-state index in [0.29, 0.717) is 6.54 Å². The number of carbonyl (C=O) groups excluding carboxylic acids is 1. The number of nitrogens with one attached hydrogen (secondary N) is 2. The first-order valence-electron chi connectivity index (χ1n) is 5.22. The highest BCUT2D eigenvalue weighted by Gasteiger charge is 2.20. The second-order valence-corrected chi connectivity index (χ2v) is 4.68.